The number of benzene rings is 2. The Bertz CT molecular complexity index is 1710. The number of sulfonamides is 1. The molecule has 0 bridgehead atoms. The second-order valence-electron chi connectivity index (χ2n) is 11.2. The molecule has 16 heteroatoms. The van der Waals surface area contributed by atoms with Gasteiger partial charge < -0.3 is 20.3 Å². The third-order valence-corrected chi connectivity index (χ3v) is 8.91. The van der Waals surface area contributed by atoms with Gasteiger partial charge in [-0.05, 0) is 56.5 Å². The average molecular weight is 671 g/mol. The van der Waals surface area contributed by atoms with Gasteiger partial charge in [0.1, 0.15) is 17.7 Å². The summed E-state index contributed by atoms with van der Waals surface area (Å²) in [5.74, 6) is -2.17. The van der Waals surface area contributed by atoms with E-state index < -0.39 is 51.3 Å². The van der Waals surface area contributed by atoms with E-state index in [2.05, 4.69) is 20.6 Å². The summed E-state index contributed by atoms with van der Waals surface area (Å²) in [4.78, 5) is 22.4. The van der Waals surface area contributed by atoms with Crippen molar-refractivity contribution in [3.05, 3.63) is 70.3 Å². The second-order valence-corrected chi connectivity index (χ2v) is 13.2. The number of carbonyl (C=O) groups excluding carboxylic acids is 1. The highest BCUT2D eigenvalue weighted by Gasteiger charge is 2.35. The number of aromatic nitrogens is 2. The Morgan fingerprint density at radius 3 is 2.54 bits per heavy atom. The quantitative estimate of drug-likeness (QED) is 0.300. The molecule has 0 radical (unpaired) electrons. The van der Waals surface area contributed by atoms with Gasteiger partial charge in [-0.25, -0.2) is 27.2 Å². The predicted molar refractivity (Wildman–Crippen MR) is 163 cm³/mol. The zero-order chi connectivity index (χ0) is 34.0. The van der Waals surface area contributed by atoms with Crippen LogP contribution in [-0.4, -0.2) is 82.0 Å². The van der Waals surface area contributed by atoms with Crippen LogP contribution in [0.4, 0.5) is 39.3 Å². The number of anilines is 3. The van der Waals surface area contributed by atoms with Crippen molar-refractivity contribution in [1.82, 2.24) is 20.2 Å². The topological polar surface area (TPSA) is 117 Å². The van der Waals surface area contributed by atoms with Crippen LogP contribution in [-0.2, 0) is 29.0 Å². The molecule has 2 atom stereocenters. The van der Waals surface area contributed by atoms with Crippen molar-refractivity contribution in [2.45, 2.75) is 44.6 Å². The molecule has 10 nitrogen and oxygen atoms in total. The van der Waals surface area contributed by atoms with E-state index in [1.807, 2.05) is 0 Å². The van der Waals surface area contributed by atoms with E-state index in [0.29, 0.717) is 30.4 Å². The van der Waals surface area contributed by atoms with Crippen molar-refractivity contribution in [1.29, 1.82) is 0 Å². The van der Waals surface area contributed by atoms with Crippen molar-refractivity contribution < 1.29 is 39.9 Å². The minimum Gasteiger partial charge on any atom is -0.495 e. The molecule has 0 spiro atoms. The molecule has 2 heterocycles. The van der Waals surface area contributed by atoms with E-state index in [0.717, 1.165) is 28.3 Å². The lowest BCUT2D eigenvalue weighted by Gasteiger charge is -2.32. The number of methoxy groups -OCH3 is 1. The molecule has 1 aromatic heterocycles. The standard InChI is InChI=1S/C30H35F5N6O4S/c1-17-6-7-18(26(12-17)41(3)46(5,43)44)8-9-23-20(30(33,34)35)15-36-29(38-23)39-25-14-21(31)19(13-27(25)45-4)28(42)37-24-10-11-40(2)16-22(24)32/h6-7,12-15,22,24H,8-11,16H2,1-5H3,(H,37,42)(H,36,38,39)/t22-,24-/m1/s1. The second kappa shape index (κ2) is 13.7. The van der Waals surface area contributed by atoms with Crippen LogP contribution < -0.4 is 19.7 Å². The van der Waals surface area contributed by atoms with Crippen LogP contribution in [0.15, 0.2) is 36.5 Å². The molecule has 4 rings (SSSR count). The van der Waals surface area contributed by atoms with E-state index in [1.54, 1.807) is 37.1 Å². The van der Waals surface area contributed by atoms with Gasteiger partial charge in [0.2, 0.25) is 16.0 Å². The number of halogens is 5. The van der Waals surface area contributed by atoms with Gasteiger partial charge in [0.25, 0.3) is 5.91 Å². The van der Waals surface area contributed by atoms with E-state index >= 15 is 4.39 Å². The predicted octanol–water partition coefficient (Wildman–Crippen LogP) is 4.65. The highest BCUT2D eigenvalue weighted by molar-refractivity contribution is 7.92. The lowest BCUT2D eigenvalue weighted by molar-refractivity contribution is -0.138. The number of carbonyl (C=O) groups is 1. The fraction of sp³-hybridized carbons (Fsp3) is 0.433. The smallest absolute Gasteiger partial charge is 0.419 e. The van der Waals surface area contributed by atoms with Crippen LogP contribution in [0, 0.1) is 12.7 Å². The molecule has 0 unspecified atom stereocenters. The lowest BCUT2D eigenvalue weighted by Crippen LogP contribution is -2.51. The Kier molecular flexibility index (Phi) is 10.4. The first-order valence-electron chi connectivity index (χ1n) is 14.2. The maximum absolute atomic E-state index is 15.2. The summed E-state index contributed by atoms with van der Waals surface area (Å²) >= 11 is 0. The van der Waals surface area contributed by atoms with Crippen LogP contribution in [0.25, 0.3) is 0 Å². The Balaban J connectivity index is 1.60. The number of ether oxygens (including phenoxy) is 1. The van der Waals surface area contributed by atoms with Gasteiger partial charge in [0, 0.05) is 32.4 Å². The van der Waals surface area contributed by atoms with Gasteiger partial charge in [-0.2, -0.15) is 13.2 Å². The van der Waals surface area contributed by atoms with Crippen LogP contribution >= 0.6 is 0 Å². The summed E-state index contributed by atoms with van der Waals surface area (Å²) in [6.07, 6.45) is -4.40. The summed E-state index contributed by atoms with van der Waals surface area (Å²) in [5, 5.41) is 5.18. The highest BCUT2D eigenvalue weighted by Crippen LogP contribution is 2.34. The van der Waals surface area contributed by atoms with E-state index in [4.69, 9.17) is 4.74 Å². The molecule has 46 heavy (non-hydrogen) atoms. The fourth-order valence-corrected chi connectivity index (χ4v) is 5.62. The zero-order valence-electron chi connectivity index (χ0n) is 25.9. The first-order chi connectivity index (χ1) is 21.5. The third kappa shape index (κ3) is 8.20. The molecule has 1 aliphatic rings. The van der Waals surface area contributed by atoms with Gasteiger partial charge >= 0.3 is 6.18 Å². The number of nitrogens with zero attached hydrogens (tertiary/aromatic N) is 4. The molecule has 250 valence electrons. The number of piperidine rings is 1. The first-order valence-corrected chi connectivity index (χ1v) is 16.1. The van der Waals surface area contributed by atoms with Crippen molar-refractivity contribution in [2.24, 2.45) is 0 Å². The van der Waals surface area contributed by atoms with Crippen LogP contribution in [0.3, 0.4) is 0 Å². The van der Waals surface area contributed by atoms with Gasteiger partial charge in [-0.1, -0.05) is 12.1 Å². The third-order valence-electron chi connectivity index (χ3n) is 7.72. The molecule has 0 saturated carbocycles. The van der Waals surface area contributed by atoms with Crippen LogP contribution in [0.2, 0.25) is 0 Å². The molecule has 1 amide bonds. The summed E-state index contributed by atoms with van der Waals surface area (Å²) in [6.45, 7) is 2.44. The van der Waals surface area contributed by atoms with Gasteiger partial charge in [0.05, 0.1) is 47.6 Å². The maximum Gasteiger partial charge on any atom is 0.419 e. The SMILES string of the molecule is COc1cc(C(=O)N[C@@H]2CCN(C)C[C@H]2F)c(F)cc1Nc1ncc(C(F)(F)F)c(CCc2ccc(C)cc2N(C)S(C)(=O)=O)n1. The van der Waals surface area contributed by atoms with Gasteiger partial charge in [0.15, 0.2) is 0 Å². The molecular formula is C30H35F5N6O4S. The molecule has 2 aromatic carbocycles. The zero-order valence-corrected chi connectivity index (χ0v) is 26.7. The minimum atomic E-state index is -4.79. The normalized spacial score (nSPS) is 17.4. The van der Waals surface area contributed by atoms with E-state index in [1.165, 1.54) is 14.2 Å². The van der Waals surface area contributed by atoms with E-state index in [9.17, 15) is 30.8 Å². The Labute approximate surface area is 264 Å². The lowest BCUT2D eigenvalue weighted by atomic mass is 10.0. The Morgan fingerprint density at radius 2 is 1.91 bits per heavy atom. The number of hydrogen-bond acceptors (Lipinski definition) is 8. The molecule has 1 fully saturated rings. The minimum absolute atomic E-state index is 0.00772. The first kappa shape index (κ1) is 34.8. The highest BCUT2D eigenvalue weighted by atomic mass is 32.2. The van der Waals surface area contributed by atoms with E-state index in [-0.39, 0.29) is 42.5 Å². The van der Waals surface area contributed by atoms with Crippen molar-refractivity contribution in [2.75, 3.05) is 50.2 Å². The van der Waals surface area contributed by atoms with Crippen LogP contribution in [0.1, 0.15) is 39.2 Å². The molecule has 1 aliphatic heterocycles. The molecule has 0 aliphatic carbocycles. The summed E-state index contributed by atoms with van der Waals surface area (Å²) in [5.41, 5.74) is -0.378. The van der Waals surface area contributed by atoms with Crippen molar-refractivity contribution in [3.8, 4) is 5.75 Å². The monoisotopic (exact) mass is 670 g/mol. The Morgan fingerprint density at radius 1 is 1.20 bits per heavy atom. The number of alkyl halides is 4. The Hall–Kier alpha value is -4.05. The van der Waals surface area contributed by atoms with Crippen molar-refractivity contribution in [3.63, 3.8) is 0 Å². The molecule has 1 saturated heterocycles. The van der Waals surface area contributed by atoms with Gasteiger partial charge in [-0.15, -0.1) is 0 Å². The summed E-state index contributed by atoms with van der Waals surface area (Å²) in [7, 11) is 0.712. The number of nitrogens with one attached hydrogen (secondary N) is 2. The largest absolute Gasteiger partial charge is 0.495 e. The fourth-order valence-electron chi connectivity index (χ4n) is 5.09. The number of hydrogen-bond donors (Lipinski definition) is 2. The summed E-state index contributed by atoms with van der Waals surface area (Å²) < 4.78 is 102. The number of likely N-dealkylation sites (tertiary alicyclic amines) is 1. The number of rotatable bonds is 10. The van der Waals surface area contributed by atoms with Crippen molar-refractivity contribution >= 4 is 33.3 Å². The molecular weight excluding hydrogens is 635 g/mol. The summed E-state index contributed by atoms with van der Waals surface area (Å²) in [6, 6.07) is 6.20. The van der Waals surface area contributed by atoms with Gasteiger partial charge in [-0.3, -0.25) is 9.10 Å². The maximum atomic E-state index is 15.2. The van der Waals surface area contributed by atoms with Crippen LogP contribution in [0.5, 0.6) is 5.75 Å². The molecule has 2 N–H and O–H groups in total. The molecule has 3 aromatic rings. The number of aryl methyl sites for hydroxylation is 3. The number of amides is 1. The average Bonchev–Trinajstić information content (AvgIpc) is 2.96.